The Bertz CT molecular complexity index is 947. The smallest absolute Gasteiger partial charge is 0.163 e. The van der Waals surface area contributed by atoms with Crippen molar-refractivity contribution < 1.29 is 21.9 Å². The molecule has 0 amide bonds. The summed E-state index contributed by atoms with van der Waals surface area (Å²) < 4.78 is 11.1. The summed E-state index contributed by atoms with van der Waals surface area (Å²) in [5, 5.41) is 0.527. The third kappa shape index (κ3) is 5.00. The standard InChI is InChI=1S/C22H20N2O2S.ClH/c23-22(24-19-10-11-20-21(14-19)26-13-12-25-20)27-15-16-6-8-18(9-7-16)17-4-2-1-3-5-17;/h1-11,14H,12-13,15H2,(H2,23,24);1H/p-1. The number of nitrogens with zero attached hydrogens (tertiary/aromatic N) is 1. The van der Waals surface area contributed by atoms with Crippen molar-refractivity contribution in [3.63, 3.8) is 0 Å². The van der Waals surface area contributed by atoms with E-state index in [-0.39, 0.29) is 12.4 Å². The molecule has 4 rings (SSSR count). The van der Waals surface area contributed by atoms with Gasteiger partial charge in [-0.3, -0.25) is 0 Å². The summed E-state index contributed by atoms with van der Waals surface area (Å²) in [6.07, 6.45) is 0. The molecule has 3 aromatic carbocycles. The fourth-order valence-corrected chi connectivity index (χ4v) is 3.52. The number of aliphatic imine (C=N–C) groups is 1. The Hall–Kier alpha value is -2.63. The lowest BCUT2D eigenvalue weighted by molar-refractivity contribution is -0.00000600. The molecule has 6 heteroatoms. The summed E-state index contributed by atoms with van der Waals surface area (Å²) in [6, 6.07) is 24.5. The molecule has 1 aliphatic heterocycles. The highest BCUT2D eigenvalue weighted by Crippen LogP contribution is 2.34. The fourth-order valence-electron chi connectivity index (χ4n) is 2.84. The number of thioether (sulfide) groups is 1. The molecule has 0 saturated carbocycles. The maximum Gasteiger partial charge on any atom is 0.163 e. The second-order valence-electron chi connectivity index (χ2n) is 6.13. The van der Waals surface area contributed by atoms with E-state index in [0.717, 1.165) is 22.9 Å². The van der Waals surface area contributed by atoms with Crippen LogP contribution in [0.2, 0.25) is 0 Å². The molecule has 0 saturated heterocycles. The molecule has 1 heterocycles. The van der Waals surface area contributed by atoms with E-state index in [1.807, 2.05) is 36.4 Å². The number of fused-ring (bicyclic) bond motifs is 1. The van der Waals surface area contributed by atoms with E-state index in [1.165, 1.54) is 28.5 Å². The number of benzene rings is 3. The fraction of sp³-hybridized carbons (Fsp3) is 0.136. The average Bonchev–Trinajstić information content (AvgIpc) is 2.73. The van der Waals surface area contributed by atoms with Gasteiger partial charge in [0.2, 0.25) is 0 Å². The van der Waals surface area contributed by atoms with E-state index in [4.69, 9.17) is 15.2 Å². The highest BCUT2D eigenvalue weighted by Gasteiger charge is 2.11. The van der Waals surface area contributed by atoms with Gasteiger partial charge in [0.05, 0.1) is 5.69 Å². The molecule has 2 N–H and O–H groups in total. The topological polar surface area (TPSA) is 56.8 Å². The Kier molecular flexibility index (Phi) is 6.85. The Morgan fingerprint density at radius 3 is 2.29 bits per heavy atom. The third-order valence-corrected chi connectivity index (χ3v) is 5.08. The molecule has 144 valence electrons. The summed E-state index contributed by atoms with van der Waals surface area (Å²) in [5.74, 6) is 2.25. The van der Waals surface area contributed by atoms with Gasteiger partial charge < -0.3 is 27.6 Å². The van der Waals surface area contributed by atoms with Gasteiger partial charge in [0.15, 0.2) is 16.7 Å². The van der Waals surface area contributed by atoms with Crippen LogP contribution in [-0.4, -0.2) is 18.4 Å². The predicted molar refractivity (Wildman–Crippen MR) is 112 cm³/mol. The monoisotopic (exact) mass is 411 g/mol. The zero-order valence-corrected chi connectivity index (χ0v) is 16.7. The van der Waals surface area contributed by atoms with Crippen molar-refractivity contribution in [2.24, 2.45) is 10.7 Å². The van der Waals surface area contributed by atoms with Gasteiger partial charge in [-0.1, -0.05) is 66.4 Å². The quantitative estimate of drug-likeness (QED) is 0.527. The summed E-state index contributed by atoms with van der Waals surface area (Å²) >= 11 is 1.52. The lowest BCUT2D eigenvalue weighted by Gasteiger charge is -2.18. The van der Waals surface area contributed by atoms with E-state index < -0.39 is 0 Å². The minimum Gasteiger partial charge on any atom is -1.00 e. The highest BCUT2D eigenvalue weighted by atomic mass is 35.5. The van der Waals surface area contributed by atoms with Crippen molar-refractivity contribution in [1.29, 1.82) is 0 Å². The van der Waals surface area contributed by atoms with Crippen molar-refractivity contribution >= 4 is 22.6 Å². The van der Waals surface area contributed by atoms with Gasteiger partial charge in [-0.05, 0) is 28.8 Å². The molecular weight excluding hydrogens is 392 g/mol. The van der Waals surface area contributed by atoms with Crippen LogP contribution in [0.1, 0.15) is 5.56 Å². The molecular formula is C22H20ClN2O2S-. The Balaban J connectivity index is 0.00000225. The zero-order chi connectivity index (χ0) is 18.5. The van der Waals surface area contributed by atoms with Crippen molar-refractivity contribution in [3.8, 4) is 22.6 Å². The van der Waals surface area contributed by atoms with E-state index in [0.29, 0.717) is 18.4 Å². The predicted octanol–water partition coefficient (Wildman–Crippen LogP) is 2.01. The van der Waals surface area contributed by atoms with Gasteiger partial charge in [0.1, 0.15) is 13.2 Å². The molecule has 0 fully saturated rings. The van der Waals surface area contributed by atoms with Crippen molar-refractivity contribution in [2.75, 3.05) is 13.2 Å². The molecule has 0 unspecified atom stereocenters. The van der Waals surface area contributed by atoms with Crippen LogP contribution in [0.4, 0.5) is 5.69 Å². The molecule has 0 atom stereocenters. The van der Waals surface area contributed by atoms with Gasteiger partial charge in [-0.2, -0.15) is 0 Å². The summed E-state index contributed by atoms with van der Waals surface area (Å²) in [7, 11) is 0. The second kappa shape index (κ2) is 9.53. The van der Waals surface area contributed by atoms with Crippen molar-refractivity contribution in [2.45, 2.75) is 5.75 Å². The van der Waals surface area contributed by atoms with Crippen molar-refractivity contribution in [1.82, 2.24) is 0 Å². The van der Waals surface area contributed by atoms with Gasteiger partial charge in [-0.25, -0.2) is 4.99 Å². The SMILES string of the molecule is NC(=Nc1ccc2c(c1)OCCO2)SCc1ccc(-c2ccccc2)cc1.[Cl-]. The third-order valence-electron chi connectivity index (χ3n) is 4.21. The Labute approximate surface area is 175 Å². The first-order valence-corrected chi connectivity index (χ1v) is 9.77. The number of ether oxygens (including phenoxy) is 2. The largest absolute Gasteiger partial charge is 1.00 e. The zero-order valence-electron chi connectivity index (χ0n) is 15.2. The lowest BCUT2D eigenvalue weighted by atomic mass is 10.0. The number of halogens is 1. The van der Waals surface area contributed by atoms with Gasteiger partial charge in [0, 0.05) is 11.8 Å². The molecule has 0 bridgehead atoms. The van der Waals surface area contributed by atoms with Crippen LogP contribution in [0, 0.1) is 0 Å². The molecule has 28 heavy (non-hydrogen) atoms. The number of hydrogen-bond acceptors (Lipinski definition) is 4. The Morgan fingerprint density at radius 2 is 1.54 bits per heavy atom. The van der Waals surface area contributed by atoms with Crippen LogP contribution in [0.15, 0.2) is 77.8 Å². The summed E-state index contributed by atoms with van der Waals surface area (Å²) in [6.45, 7) is 1.14. The van der Waals surface area contributed by atoms with Gasteiger partial charge in [-0.15, -0.1) is 0 Å². The van der Waals surface area contributed by atoms with E-state index in [2.05, 4.69) is 41.4 Å². The summed E-state index contributed by atoms with van der Waals surface area (Å²) in [5.41, 5.74) is 10.5. The minimum absolute atomic E-state index is 0. The highest BCUT2D eigenvalue weighted by molar-refractivity contribution is 8.13. The van der Waals surface area contributed by atoms with Gasteiger partial charge in [0.25, 0.3) is 0 Å². The first kappa shape index (κ1) is 20.1. The van der Waals surface area contributed by atoms with Crippen LogP contribution >= 0.6 is 11.8 Å². The van der Waals surface area contributed by atoms with Crippen LogP contribution in [0.3, 0.4) is 0 Å². The molecule has 1 aliphatic rings. The molecule has 0 spiro atoms. The van der Waals surface area contributed by atoms with Crippen molar-refractivity contribution in [3.05, 3.63) is 78.4 Å². The maximum atomic E-state index is 6.09. The molecule has 0 aromatic heterocycles. The number of rotatable bonds is 4. The minimum atomic E-state index is 0. The molecule has 0 aliphatic carbocycles. The van der Waals surface area contributed by atoms with Crippen LogP contribution in [-0.2, 0) is 5.75 Å². The first-order chi connectivity index (χ1) is 13.3. The Morgan fingerprint density at radius 1 is 0.857 bits per heavy atom. The molecule has 4 nitrogen and oxygen atoms in total. The maximum absolute atomic E-state index is 6.09. The van der Waals surface area contributed by atoms with Crippen LogP contribution in [0.5, 0.6) is 11.5 Å². The van der Waals surface area contributed by atoms with E-state index in [1.54, 1.807) is 0 Å². The first-order valence-electron chi connectivity index (χ1n) is 8.79. The van der Waals surface area contributed by atoms with Crippen LogP contribution < -0.4 is 27.6 Å². The van der Waals surface area contributed by atoms with Gasteiger partial charge >= 0.3 is 0 Å². The second-order valence-corrected chi connectivity index (χ2v) is 7.13. The normalized spacial score (nSPS) is 12.9. The lowest BCUT2D eigenvalue weighted by Crippen LogP contribution is -3.00. The van der Waals surface area contributed by atoms with E-state index >= 15 is 0 Å². The average molecular weight is 412 g/mol. The number of amidine groups is 1. The van der Waals surface area contributed by atoms with Crippen LogP contribution in [0.25, 0.3) is 11.1 Å². The summed E-state index contributed by atoms with van der Waals surface area (Å²) in [4.78, 5) is 4.47. The molecule has 0 radical (unpaired) electrons. The molecule has 3 aromatic rings. The number of hydrogen-bond donors (Lipinski definition) is 1. The van der Waals surface area contributed by atoms with E-state index in [9.17, 15) is 0 Å². The number of nitrogens with two attached hydrogens (primary N) is 1.